The molecule has 5 heteroatoms. The lowest BCUT2D eigenvalue weighted by atomic mass is 10.0. The van der Waals surface area contributed by atoms with Gasteiger partial charge in [0.05, 0.1) is 0 Å². The largest absolute Gasteiger partial charge is 0.486 e. The zero-order valence-electron chi connectivity index (χ0n) is 13.9. The molecule has 3 rings (SSSR count). The summed E-state index contributed by atoms with van der Waals surface area (Å²) < 4.78 is 16.5. The molecule has 0 aliphatic carbocycles. The van der Waals surface area contributed by atoms with Crippen LogP contribution >= 0.6 is 0 Å². The molecule has 5 nitrogen and oxygen atoms in total. The maximum absolute atomic E-state index is 12.0. The van der Waals surface area contributed by atoms with Crippen molar-refractivity contribution < 1.29 is 19.0 Å². The molecule has 0 atom stereocenters. The van der Waals surface area contributed by atoms with E-state index in [2.05, 4.69) is 19.2 Å². The van der Waals surface area contributed by atoms with Crippen molar-refractivity contribution in [3.8, 4) is 17.2 Å². The summed E-state index contributed by atoms with van der Waals surface area (Å²) >= 11 is 0. The van der Waals surface area contributed by atoms with Gasteiger partial charge in [0.15, 0.2) is 18.1 Å². The minimum absolute atomic E-state index is 0.0639. The standard InChI is InChI=1S/C19H21NO4/c1-13(2)14-3-5-15(6-4-14)20-19(21)12-24-16-7-8-17-18(11-16)23-10-9-22-17/h3-8,11,13H,9-10,12H2,1-2H3,(H,20,21). The molecule has 0 saturated carbocycles. The van der Waals surface area contributed by atoms with Crippen LogP contribution in [0.5, 0.6) is 17.2 Å². The molecular weight excluding hydrogens is 306 g/mol. The maximum Gasteiger partial charge on any atom is 0.262 e. The Morgan fingerprint density at radius 3 is 2.50 bits per heavy atom. The number of anilines is 1. The van der Waals surface area contributed by atoms with E-state index >= 15 is 0 Å². The smallest absolute Gasteiger partial charge is 0.262 e. The van der Waals surface area contributed by atoms with Gasteiger partial charge in [0.25, 0.3) is 5.91 Å². The van der Waals surface area contributed by atoms with Crippen LogP contribution in [-0.2, 0) is 4.79 Å². The van der Waals surface area contributed by atoms with Crippen molar-refractivity contribution in [2.75, 3.05) is 25.1 Å². The normalized spacial score (nSPS) is 12.8. The van der Waals surface area contributed by atoms with Gasteiger partial charge in [-0.3, -0.25) is 4.79 Å². The second kappa shape index (κ2) is 7.25. The Morgan fingerprint density at radius 1 is 1.08 bits per heavy atom. The number of fused-ring (bicyclic) bond motifs is 1. The van der Waals surface area contributed by atoms with Crippen LogP contribution < -0.4 is 19.5 Å². The first-order valence-corrected chi connectivity index (χ1v) is 8.04. The fourth-order valence-corrected chi connectivity index (χ4v) is 2.41. The molecule has 0 saturated heterocycles. The number of hydrogen-bond donors (Lipinski definition) is 1. The highest BCUT2D eigenvalue weighted by molar-refractivity contribution is 5.91. The summed E-state index contributed by atoms with van der Waals surface area (Å²) in [4.78, 5) is 12.0. The lowest BCUT2D eigenvalue weighted by Crippen LogP contribution is -2.20. The van der Waals surface area contributed by atoms with Gasteiger partial charge in [-0.15, -0.1) is 0 Å². The van der Waals surface area contributed by atoms with Crippen LogP contribution in [0, 0.1) is 0 Å². The summed E-state index contributed by atoms with van der Waals surface area (Å²) in [5.74, 6) is 2.17. The molecule has 1 heterocycles. The SMILES string of the molecule is CC(C)c1ccc(NC(=O)COc2ccc3c(c2)OCCO3)cc1. The van der Waals surface area contributed by atoms with Crippen LogP contribution in [0.1, 0.15) is 25.3 Å². The fraction of sp³-hybridized carbons (Fsp3) is 0.316. The number of ether oxygens (including phenoxy) is 3. The molecule has 24 heavy (non-hydrogen) atoms. The molecule has 0 spiro atoms. The summed E-state index contributed by atoms with van der Waals surface area (Å²) in [6.45, 7) is 5.27. The molecule has 0 fully saturated rings. The van der Waals surface area contributed by atoms with Crippen LogP contribution in [0.25, 0.3) is 0 Å². The monoisotopic (exact) mass is 327 g/mol. The molecule has 2 aromatic carbocycles. The Bertz CT molecular complexity index is 710. The number of amides is 1. The Balaban J connectivity index is 1.53. The lowest BCUT2D eigenvalue weighted by molar-refractivity contribution is -0.118. The zero-order valence-corrected chi connectivity index (χ0v) is 13.9. The number of benzene rings is 2. The number of hydrogen-bond acceptors (Lipinski definition) is 4. The van der Waals surface area contributed by atoms with E-state index < -0.39 is 0 Å². The van der Waals surface area contributed by atoms with Crippen LogP contribution in [0.2, 0.25) is 0 Å². The van der Waals surface area contributed by atoms with Gasteiger partial charge in [-0.05, 0) is 35.7 Å². The molecule has 1 aliphatic heterocycles. The molecule has 0 aromatic heterocycles. The quantitative estimate of drug-likeness (QED) is 0.911. The maximum atomic E-state index is 12.0. The Kier molecular flexibility index (Phi) is 4.89. The molecule has 1 amide bonds. The third-order valence-corrected chi connectivity index (χ3v) is 3.74. The van der Waals surface area contributed by atoms with Crippen LogP contribution in [-0.4, -0.2) is 25.7 Å². The van der Waals surface area contributed by atoms with Crippen molar-refractivity contribution in [1.82, 2.24) is 0 Å². The van der Waals surface area contributed by atoms with E-state index in [1.165, 1.54) is 5.56 Å². The van der Waals surface area contributed by atoms with Gasteiger partial charge >= 0.3 is 0 Å². The van der Waals surface area contributed by atoms with E-state index in [-0.39, 0.29) is 12.5 Å². The van der Waals surface area contributed by atoms with Crippen molar-refractivity contribution in [3.63, 3.8) is 0 Å². The molecule has 1 aliphatic rings. The highest BCUT2D eigenvalue weighted by atomic mass is 16.6. The molecular formula is C19H21NO4. The third-order valence-electron chi connectivity index (χ3n) is 3.74. The van der Waals surface area contributed by atoms with Crippen molar-refractivity contribution >= 4 is 11.6 Å². The minimum Gasteiger partial charge on any atom is -0.486 e. The molecule has 0 unspecified atom stereocenters. The van der Waals surface area contributed by atoms with Crippen molar-refractivity contribution in [3.05, 3.63) is 48.0 Å². The first kappa shape index (κ1) is 16.2. The number of carbonyl (C=O) groups is 1. The second-order valence-corrected chi connectivity index (χ2v) is 5.92. The van der Waals surface area contributed by atoms with Gasteiger partial charge in [-0.25, -0.2) is 0 Å². The summed E-state index contributed by atoms with van der Waals surface area (Å²) in [5, 5.41) is 2.82. The van der Waals surface area contributed by atoms with E-state index in [0.717, 1.165) is 5.69 Å². The summed E-state index contributed by atoms with van der Waals surface area (Å²) in [5.41, 5.74) is 2.00. The van der Waals surface area contributed by atoms with Crippen LogP contribution in [0.15, 0.2) is 42.5 Å². The van der Waals surface area contributed by atoms with Crippen molar-refractivity contribution in [1.29, 1.82) is 0 Å². The first-order chi connectivity index (χ1) is 11.6. The van der Waals surface area contributed by atoms with Gasteiger partial charge in [-0.1, -0.05) is 26.0 Å². The third kappa shape index (κ3) is 3.98. The zero-order chi connectivity index (χ0) is 16.9. The Hall–Kier alpha value is -2.69. The Labute approximate surface area is 141 Å². The summed E-state index contributed by atoms with van der Waals surface area (Å²) in [6, 6.07) is 13.1. The molecule has 126 valence electrons. The fourth-order valence-electron chi connectivity index (χ4n) is 2.41. The minimum atomic E-state index is -0.206. The topological polar surface area (TPSA) is 56.8 Å². The predicted molar refractivity (Wildman–Crippen MR) is 92.1 cm³/mol. The van der Waals surface area contributed by atoms with E-state index in [0.29, 0.717) is 36.4 Å². The van der Waals surface area contributed by atoms with Crippen LogP contribution in [0.4, 0.5) is 5.69 Å². The number of carbonyl (C=O) groups excluding carboxylic acids is 1. The average Bonchev–Trinajstić information content (AvgIpc) is 2.60. The average molecular weight is 327 g/mol. The summed E-state index contributed by atoms with van der Waals surface area (Å²) in [6.07, 6.45) is 0. The van der Waals surface area contributed by atoms with Gasteiger partial charge in [0.1, 0.15) is 19.0 Å². The second-order valence-electron chi connectivity index (χ2n) is 5.92. The number of nitrogens with one attached hydrogen (secondary N) is 1. The van der Waals surface area contributed by atoms with E-state index in [1.807, 2.05) is 24.3 Å². The van der Waals surface area contributed by atoms with Crippen molar-refractivity contribution in [2.45, 2.75) is 19.8 Å². The molecule has 2 aromatic rings. The molecule has 0 bridgehead atoms. The Morgan fingerprint density at radius 2 is 1.79 bits per heavy atom. The highest BCUT2D eigenvalue weighted by Crippen LogP contribution is 2.33. The number of rotatable bonds is 5. The predicted octanol–water partition coefficient (Wildman–Crippen LogP) is 3.60. The van der Waals surface area contributed by atoms with E-state index in [4.69, 9.17) is 14.2 Å². The molecule has 0 radical (unpaired) electrons. The van der Waals surface area contributed by atoms with Gasteiger partial charge < -0.3 is 19.5 Å². The van der Waals surface area contributed by atoms with Crippen LogP contribution in [0.3, 0.4) is 0 Å². The van der Waals surface area contributed by atoms with E-state index in [9.17, 15) is 4.79 Å². The van der Waals surface area contributed by atoms with Gasteiger partial charge in [-0.2, -0.15) is 0 Å². The molecule has 1 N–H and O–H groups in total. The first-order valence-electron chi connectivity index (χ1n) is 8.04. The summed E-state index contributed by atoms with van der Waals surface area (Å²) in [7, 11) is 0. The van der Waals surface area contributed by atoms with Gasteiger partial charge in [0.2, 0.25) is 0 Å². The highest BCUT2D eigenvalue weighted by Gasteiger charge is 2.13. The lowest BCUT2D eigenvalue weighted by Gasteiger charge is -2.18. The van der Waals surface area contributed by atoms with E-state index in [1.54, 1.807) is 18.2 Å². The van der Waals surface area contributed by atoms with Crippen molar-refractivity contribution in [2.24, 2.45) is 0 Å². The van der Waals surface area contributed by atoms with Gasteiger partial charge in [0, 0.05) is 11.8 Å².